The maximum atomic E-state index is 13.2. The van der Waals surface area contributed by atoms with E-state index in [0.29, 0.717) is 57.8 Å². The summed E-state index contributed by atoms with van der Waals surface area (Å²) in [5, 5.41) is 0. The number of nitrogens with zero attached hydrogens (tertiary/aromatic N) is 2. The number of nitrogens with two attached hydrogens (primary N) is 1. The number of halogens is 3. The van der Waals surface area contributed by atoms with Gasteiger partial charge in [-0.15, -0.1) is 0 Å². The van der Waals surface area contributed by atoms with Crippen molar-refractivity contribution in [1.29, 1.82) is 0 Å². The quantitative estimate of drug-likeness (QED) is 0.712. The van der Waals surface area contributed by atoms with Crippen LogP contribution in [-0.2, 0) is 26.7 Å². The fourth-order valence-corrected chi connectivity index (χ4v) is 5.96. The number of benzene rings is 2. The molecule has 2 fully saturated rings. The summed E-state index contributed by atoms with van der Waals surface area (Å²) in [6, 6.07) is 12.7. The number of anilines is 1. The molecule has 1 amide bonds. The van der Waals surface area contributed by atoms with E-state index < -0.39 is 33.4 Å². The third-order valence-electron chi connectivity index (χ3n) is 6.33. The summed E-state index contributed by atoms with van der Waals surface area (Å²) in [6.45, 7) is 3.08. The predicted molar refractivity (Wildman–Crippen MR) is 121 cm³/mol. The first kappa shape index (κ1) is 23.7. The van der Waals surface area contributed by atoms with Crippen molar-refractivity contribution in [1.82, 2.24) is 4.31 Å². The second-order valence-corrected chi connectivity index (χ2v) is 10.1. The Morgan fingerprint density at radius 1 is 0.909 bits per heavy atom. The number of hydrogen-bond acceptors (Lipinski definition) is 4. The lowest BCUT2D eigenvalue weighted by Gasteiger charge is -2.41. The van der Waals surface area contributed by atoms with E-state index in [-0.39, 0.29) is 0 Å². The molecule has 10 heteroatoms. The number of piperazine rings is 1. The van der Waals surface area contributed by atoms with Crippen LogP contribution in [0.25, 0.3) is 11.1 Å². The SMILES string of the molecule is NC(=O)C1(S(=O)N2CCN(c3ccc(-c4ccc(C(F)(F)F)cc4)cc3)CC2)CCOCC1. The lowest BCUT2D eigenvalue weighted by atomic mass is 9.98. The third-order valence-corrected chi connectivity index (χ3v) is 8.45. The zero-order valence-electron chi connectivity index (χ0n) is 18.0. The Labute approximate surface area is 193 Å². The van der Waals surface area contributed by atoms with Crippen molar-refractivity contribution in [3.8, 4) is 11.1 Å². The van der Waals surface area contributed by atoms with E-state index in [0.717, 1.165) is 23.4 Å². The van der Waals surface area contributed by atoms with E-state index >= 15 is 0 Å². The molecule has 178 valence electrons. The largest absolute Gasteiger partial charge is 0.416 e. The molecule has 1 atom stereocenters. The van der Waals surface area contributed by atoms with E-state index in [1.54, 1.807) is 0 Å². The van der Waals surface area contributed by atoms with Crippen molar-refractivity contribution in [2.75, 3.05) is 44.3 Å². The minimum Gasteiger partial charge on any atom is -0.381 e. The minimum absolute atomic E-state index is 0.362. The maximum Gasteiger partial charge on any atom is 0.416 e. The zero-order valence-corrected chi connectivity index (χ0v) is 18.8. The van der Waals surface area contributed by atoms with Gasteiger partial charge in [0.15, 0.2) is 0 Å². The highest BCUT2D eigenvalue weighted by atomic mass is 32.2. The molecule has 2 aromatic rings. The predicted octanol–water partition coefficient (Wildman–Crippen LogP) is 3.19. The van der Waals surface area contributed by atoms with Gasteiger partial charge in [0.2, 0.25) is 5.91 Å². The van der Waals surface area contributed by atoms with Crippen LogP contribution in [0, 0.1) is 0 Å². The molecule has 6 nitrogen and oxygen atoms in total. The molecule has 0 bridgehead atoms. The molecule has 2 heterocycles. The standard InChI is InChI=1S/C23H26F3N3O3S/c24-23(25,26)19-5-1-17(2-6-19)18-3-7-20(8-4-18)28-11-13-29(14-12-28)33(31)22(21(27)30)9-15-32-16-10-22/h1-8H,9-16H2,(H2,27,30). The van der Waals surface area contributed by atoms with Gasteiger partial charge in [-0.3, -0.25) is 4.79 Å². The molecule has 33 heavy (non-hydrogen) atoms. The van der Waals surface area contributed by atoms with Crippen molar-refractivity contribution < 1.29 is 26.9 Å². The highest BCUT2D eigenvalue weighted by Gasteiger charge is 2.47. The molecule has 4 rings (SSSR count). The molecule has 2 aliphatic rings. The van der Waals surface area contributed by atoms with Crippen LogP contribution >= 0.6 is 0 Å². The molecular weight excluding hydrogens is 455 g/mol. The van der Waals surface area contributed by atoms with E-state index in [4.69, 9.17) is 10.5 Å². The summed E-state index contributed by atoms with van der Waals surface area (Å²) in [6.07, 6.45) is -3.63. The number of primary amides is 1. The van der Waals surface area contributed by atoms with Gasteiger partial charge < -0.3 is 15.4 Å². The number of alkyl halides is 3. The van der Waals surface area contributed by atoms with Crippen LogP contribution in [0.4, 0.5) is 18.9 Å². The molecule has 1 unspecified atom stereocenters. The Balaban J connectivity index is 1.39. The number of carbonyl (C=O) groups excluding carboxylic acids is 1. The normalized spacial score (nSPS) is 20.4. The van der Waals surface area contributed by atoms with Crippen LogP contribution in [0.3, 0.4) is 0 Å². The van der Waals surface area contributed by atoms with Gasteiger partial charge in [-0.1, -0.05) is 24.3 Å². The number of ether oxygens (including phenoxy) is 1. The topological polar surface area (TPSA) is 75.9 Å². The van der Waals surface area contributed by atoms with Crippen molar-refractivity contribution in [2.45, 2.75) is 23.8 Å². The molecular formula is C23H26F3N3O3S. The van der Waals surface area contributed by atoms with Gasteiger partial charge in [0.25, 0.3) is 0 Å². The molecule has 0 aliphatic carbocycles. The number of carbonyl (C=O) groups is 1. The maximum absolute atomic E-state index is 13.2. The van der Waals surface area contributed by atoms with Gasteiger partial charge in [-0.2, -0.15) is 13.2 Å². The molecule has 0 radical (unpaired) electrons. The Morgan fingerprint density at radius 3 is 1.91 bits per heavy atom. The second kappa shape index (κ2) is 9.44. The van der Waals surface area contributed by atoms with E-state index in [1.165, 1.54) is 12.1 Å². The van der Waals surface area contributed by atoms with Crippen molar-refractivity contribution in [3.63, 3.8) is 0 Å². The van der Waals surface area contributed by atoms with E-state index in [1.807, 2.05) is 28.6 Å². The third kappa shape index (κ3) is 4.92. The summed E-state index contributed by atoms with van der Waals surface area (Å²) in [4.78, 5) is 14.3. The van der Waals surface area contributed by atoms with Crippen molar-refractivity contribution in [2.24, 2.45) is 5.73 Å². The molecule has 2 aliphatic heterocycles. The fraction of sp³-hybridized carbons (Fsp3) is 0.435. The summed E-state index contributed by atoms with van der Waals surface area (Å²) in [5.41, 5.74) is 7.49. The molecule has 0 aromatic heterocycles. The van der Waals surface area contributed by atoms with Crippen LogP contribution in [0.5, 0.6) is 0 Å². The first-order chi connectivity index (χ1) is 15.7. The Morgan fingerprint density at radius 2 is 1.42 bits per heavy atom. The molecule has 2 N–H and O–H groups in total. The average Bonchev–Trinajstić information content (AvgIpc) is 2.84. The lowest BCUT2D eigenvalue weighted by molar-refractivity contribution is -0.137. The van der Waals surface area contributed by atoms with Crippen LogP contribution in [0.1, 0.15) is 18.4 Å². The van der Waals surface area contributed by atoms with E-state index in [2.05, 4.69) is 4.90 Å². The monoisotopic (exact) mass is 481 g/mol. The average molecular weight is 482 g/mol. The van der Waals surface area contributed by atoms with E-state index in [9.17, 15) is 22.2 Å². The van der Waals surface area contributed by atoms with Crippen molar-refractivity contribution in [3.05, 3.63) is 54.1 Å². The summed E-state index contributed by atoms with van der Waals surface area (Å²) in [5.74, 6) is -0.537. The van der Waals surface area contributed by atoms with Crippen molar-refractivity contribution >= 4 is 22.6 Å². The fourth-order valence-electron chi connectivity index (χ4n) is 4.28. The summed E-state index contributed by atoms with van der Waals surface area (Å²) in [7, 11) is -1.52. The van der Waals surface area contributed by atoms with Crippen LogP contribution in [-0.4, -0.2) is 58.6 Å². The molecule has 2 saturated heterocycles. The molecule has 0 saturated carbocycles. The Bertz CT molecular complexity index is 998. The smallest absolute Gasteiger partial charge is 0.381 e. The zero-order chi connectivity index (χ0) is 23.6. The molecule has 2 aromatic carbocycles. The highest BCUT2D eigenvalue weighted by Crippen LogP contribution is 2.32. The summed E-state index contributed by atoms with van der Waals surface area (Å²) < 4.78 is 57.6. The highest BCUT2D eigenvalue weighted by molar-refractivity contribution is 7.85. The number of amides is 1. The Hall–Kier alpha value is -2.43. The Kier molecular flexibility index (Phi) is 6.78. The summed E-state index contributed by atoms with van der Waals surface area (Å²) >= 11 is 0. The van der Waals surface area contributed by atoms with Gasteiger partial charge in [0, 0.05) is 45.1 Å². The van der Waals surface area contributed by atoms with Crippen LogP contribution in [0.2, 0.25) is 0 Å². The van der Waals surface area contributed by atoms with Gasteiger partial charge >= 0.3 is 6.18 Å². The number of hydrogen-bond donors (Lipinski definition) is 1. The van der Waals surface area contributed by atoms with Gasteiger partial charge in [0.1, 0.15) is 15.7 Å². The first-order valence-corrected chi connectivity index (χ1v) is 11.9. The van der Waals surface area contributed by atoms with Gasteiger partial charge in [-0.05, 0) is 48.2 Å². The van der Waals surface area contributed by atoms with Gasteiger partial charge in [-0.25, -0.2) is 8.51 Å². The first-order valence-electron chi connectivity index (χ1n) is 10.8. The second-order valence-electron chi connectivity index (χ2n) is 8.26. The van der Waals surface area contributed by atoms with Crippen LogP contribution in [0.15, 0.2) is 48.5 Å². The minimum atomic E-state index is -4.35. The van der Waals surface area contributed by atoms with Crippen LogP contribution < -0.4 is 10.6 Å². The number of rotatable bonds is 5. The van der Waals surface area contributed by atoms with Gasteiger partial charge in [0.05, 0.1) is 5.56 Å². The lowest BCUT2D eigenvalue weighted by Crippen LogP contribution is -2.58. The molecule has 0 spiro atoms.